The predicted molar refractivity (Wildman–Crippen MR) is 126 cm³/mol. The SMILES string of the molecule is CCCCCCCCCCCCN1CCN(CC(=O)NN=Cc2ccc([N+](=O)[O-])o2)CC1. The van der Waals surface area contributed by atoms with E-state index in [2.05, 4.69) is 27.3 Å². The van der Waals surface area contributed by atoms with Crippen molar-refractivity contribution in [3.63, 3.8) is 0 Å². The molecule has 1 aliphatic heterocycles. The maximum Gasteiger partial charge on any atom is 0.433 e. The van der Waals surface area contributed by atoms with Gasteiger partial charge in [0.15, 0.2) is 5.76 Å². The lowest BCUT2D eigenvalue weighted by atomic mass is 10.1. The zero-order valence-corrected chi connectivity index (χ0v) is 19.5. The lowest BCUT2D eigenvalue weighted by Gasteiger charge is -2.34. The second kappa shape index (κ2) is 15.5. The lowest BCUT2D eigenvalue weighted by molar-refractivity contribution is -0.402. The number of rotatable bonds is 16. The number of nitro groups is 1. The summed E-state index contributed by atoms with van der Waals surface area (Å²) in [4.78, 5) is 26.6. The maximum atomic E-state index is 12.0. The molecule has 9 nitrogen and oxygen atoms in total. The van der Waals surface area contributed by atoms with Gasteiger partial charge in [0.05, 0.1) is 18.8 Å². The molecule has 32 heavy (non-hydrogen) atoms. The standard InChI is InChI=1S/C23H39N5O4/c1-2-3-4-5-6-7-8-9-10-11-14-26-15-17-27(18-16-26)20-22(29)25-24-19-21-12-13-23(32-21)28(30)31/h12-13,19H,2-11,14-18,20H2,1H3,(H,25,29). The van der Waals surface area contributed by atoms with E-state index in [1.54, 1.807) is 0 Å². The first-order chi connectivity index (χ1) is 15.6. The van der Waals surface area contributed by atoms with Gasteiger partial charge >= 0.3 is 5.88 Å². The quantitative estimate of drug-likeness (QED) is 0.176. The summed E-state index contributed by atoms with van der Waals surface area (Å²) in [5.41, 5.74) is 2.45. The molecular weight excluding hydrogens is 410 g/mol. The summed E-state index contributed by atoms with van der Waals surface area (Å²) in [5, 5.41) is 14.4. The number of nitrogens with zero attached hydrogens (tertiary/aromatic N) is 4. The molecule has 1 fully saturated rings. The molecular formula is C23H39N5O4. The number of carbonyl (C=O) groups excluding carboxylic acids is 1. The Morgan fingerprint density at radius 2 is 1.62 bits per heavy atom. The second-order valence-electron chi connectivity index (χ2n) is 8.53. The second-order valence-corrected chi connectivity index (χ2v) is 8.53. The molecule has 9 heteroatoms. The Morgan fingerprint density at radius 1 is 1.03 bits per heavy atom. The molecule has 1 aromatic heterocycles. The Labute approximate surface area is 191 Å². The highest BCUT2D eigenvalue weighted by Gasteiger charge is 2.18. The van der Waals surface area contributed by atoms with Crippen LogP contribution in [0.3, 0.4) is 0 Å². The zero-order chi connectivity index (χ0) is 23.0. The molecule has 1 amide bonds. The summed E-state index contributed by atoms with van der Waals surface area (Å²) in [6.45, 7) is 7.43. The topological polar surface area (TPSA) is 104 Å². The first kappa shape index (κ1) is 26.0. The third kappa shape index (κ3) is 10.9. The van der Waals surface area contributed by atoms with Crippen LogP contribution in [0.5, 0.6) is 0 Å². The fraction of sp³-hybridized carbons (Fsp3) is 0.739. The van der Waals surface area contributed by atoms with Crippen LogP contribution in [0.15, 0.2) is 21.7 Å². The molecule has 1 aromatic rings. The van der Waals surface area contributed by atoms with E-state index in [9.17, 15) is 14.9 Å². The molecule has 0 aliphatic carbocycles. The molecule has 0 saturated carbocycles. The van der Waals surface area contributed by atoms with E-state index in [1.165, 1.54) is 82.6 Å². The molecule has 0 spiro atoms. The first-order valence-electron chi connectivity index (χ1n) is 12.1. The molecule has 0 unspecified atom stereocenters. The van der Waals surface area contributed by atoms with Crippen LogP contribution >= 0.6 is 0 Å². The first-order valence-corrected chi connectivity index (χ1v) is 12.1. The van der Waals surface area contributed by atoms with Crippen LogP contribution in [0.4, 0.5) is 5.88 Å². The van der Waals surface area contributed by atoms with Gasteiger partial charge in [0.25, 0.3) is 5.91 Å². The van der Waals surface area contributed by atoms with Crippen LogP contribution in [-0.2, 0) is 4.79 Å². The highest BCUT2D eigenvalue weighted by Crippen LogP contribution is 2.14. The van der Waals surface area contributed by atoms with Gasteiger partial charge < -0.3 is 9.32 Å². The van der Waals surface area contributed by atoms with Gasteiger partial charge in [-0.25, -0.2) is 5.43 Å². The molecule has 0 atom stereocenters. The van der Waals surface area contributed by atoms with Crippen molar-refractivity contribution in [3.8, 4) is 0 Å². The van der Waals surface area contributed by atoms with E-state index in [0.29, 0.717) is 6.54 Å². The van der Waals surface area contributed by atoms with Crippen molar-refractivity contribution in [1.82, 2.24) is 15.2 Å². The smallest absolute Gasteiger partial charge is 0.400 e. The van der Waals surface area contributed by atoms with Crippen LogP contribution < -0.4 is 5.43 Å². The van der Waals surface area contributed by atoms with Crippen molar-refractivity contribution < 1.29 is 14.1 Å². The summed E-state index contributed by atoms with van der Waals surface area (Å²) in [7, 11) is 0. The monoisotopic (exact) mass is 449 g/mol. The van der Waals surface area contributed by atoms with Gasteiger partial charge in [-0.15, -0.1) is 0 Å². The molecule has 0 bridgehead atoms. The highest BCUT2D eigenvalue weighted by molar-refractivity contribution is 5.81. The highest BCUT2D eigenvalue weighted by atomic mass is 16.6. The van der Waals surface area contributed by atoms with E-state index >= 15 is 0 Å². The predicted octanol–water partition coefficient (Wildman–Crippen LogP) is 4.18. The van der Waals surface area contributed by atoms with Gasteiger partial charge in [-0.3, -0.25) is 19.8 Å². The Morgan fingerprint density at radius 3 is 2.22 bits per heavy atom. The fourth-order valence-corrected chi connectivity index (χ4v) is 3.91. The molecule has 2 heterocycles. The molecule has 0 radical (unpaired) electrons. The summed E-state index contributed by atoms with van der Waals surface area (Å²) in [5.74, 6) is -0.337. The number of hydrazone groups is 1. The number of unbranched alkanes of at least 4 members (excludes halogenated alkanes) is 9. The molecule has 2 rings (SSSR count). The third-order valence-corrected chi connectivity index (χ3v) is 5.83. The van der Waals surface area contributed by atoms with Crippen LogP contribution in [-0.4, -0.2) is 66.1 Å². The number of piperazine rings is 1. The van der Waals surface area contributed by atoms with Crippen molar-refractivity contribution >= 4 is 18.0 Å². The van der Waals surface area contributed by atoms with Gasteiger partial charge in [0, 0.05) is 26.2 Å². The van der Waals surface area contributed by atoms with E-state index < -0.39 is 4.92 Å². The third-order valence-electron chi connectivity index (χ3n) is 5.83. The number of hydrogen-bond acceptors (Lipinski definition) is 7. The molecule has 1 aliphatic rings. The summed E-state index contributed by atoms with van der Waals surface area (Å²) in [6, 6.07) is 2.68. The van der Waals surface area contributed by atoms with Crippen molar-refractivity contribution in [2.24, 2.45) is 5.10 Å². The van der Waals surface area contributed by atoms with E-state index in [4.69, 9.17) is 4.42 Å². The minimum atomic E-state index is -0.619. The van der Waals surface area contributed by atoms with Crippen LogP contribution in [0.2, 0.25) is 0 Å². The number of amides is 1. The number of nitrogens with one attached hydrogen (secondary N) is 1. The van der Waals surface area contributed by atoms with Crippen LogP contribution in [0.1, 0.15) is 76.9 Å². The number of hydrogen-bond donors (Lipinski definition) is 1. The van der Waals surface area contributed by atoms with Gasteiger partial charge in [-0.2, -0.15) is 5.10 Å². The molecule has 0 aromatic carbocycles. The average molecular weight is 450 g/mol. The summed E-state index contributed by atoms with van der Waals surface area (Å²) < 4.78 is 4.95. The Kier molecular flexibility index (Phi) is 12.6. The van der Waals surface area contributed by atoms with E-state index in [1.807, 2.05) is 0 Å². The largest absolute Gasteiger partial charge is 0.433 e. The number of furan rings is 1. The summed E-state index contributed by atoms with van der Waals surface area (Å²) >= 11 is 0. The Balaban J connectivity index is 1.47. The maximum absolute atomic E-state index is 12.0. The van der Waals surface area contributed by atoms with Gasteiger partial charge in [-0.1, -0.05) is 64.7 Å². The minimum absolute atomic E-state index is 0.203. The fourth-order valence-electron chi connectivity index (χ4n) is 3.91. The van der Waals surface area contributed by atoms with E-state index in [-0.39, 0.29) is 17.6 Å². The van der Waals surface area contributed by atoms with Crippen LogP contribution in [0, 0.1) is 10.1 Å². The van der Waals surface area contributed by atoms with Crippen molar-refractivity contribution in [3.05, 3.63) is 28.0 Å². The normalized spacial score (nSPS) is 15.4. The van der Waals surface area contributed by atoms with Crippen LogP contribution in [0.25, 0.3) is 0 Å². The van der Waals surface area contributed by atoms with Gasteiger partial charge in [-0.05, 0) is 19.0 Å². The summed E-state index contributed by atoms with van der Waals surface area (Å²) in [6.07, 6.45) is 14.8. The molecule has 180 valence electrons. The average Bonchev–Trinajstić information content (AvgIpc) is 3.25. The van der Waals surface area contributed by atoms with Crippen molar-refractivity contribution in [2.45, 2.75) is 71.1 Å². The molecule has 1 saturated heterocycles. The minimum Gasteiger partial charge on any atom is -0.400 e. The van der Waals surface area contributed by atoms with E-state index in [0.717, 1.165) is 32.7 Å². The van der Waals surface area contributed by atoms with Crippen molar-refractivity contribution in [2.75, 3.05) is 39.3 Å². The molecule has 1 N–H and O–H groups in total. The van der Waals surface area contributed by atoms with Crippen molar-refractivity contribution in [1.29, 1.82) is 0 Å². The number of carbonyl (C=O) groups is 1. The Bertz CT molecular complexity index is 698. The van der Waals surface area contributed by atoms with Gasteiger partial charge in [0.1, 0.15) is 4.92 Å². The van der Waals surface area contributed by atoms with Gasteiger partial charge in [0.2, 0.25) is 0 Å². The Hall–Kier alpha value is -2.26. The lowest BCUT2D eigenvalue weighted by Crippen LogP contribution is -2.49. The zero-order valence-electron chi connectivity index (χ0n) is 19.5.